The molecule has 1 aromatic carbocycles. The van der Waals surface area contributed by atoms with E-state index < -0.39 is 0 Å². The van der Waals surface area contributed by atoms with Gasteiger partial charge in [0.05, 0.1) is 11.8 Å². The fraction of sp³-hybridized carbons (Fsp3) is 0.167. The fourth-order valence-corrected chi connectivity index (χ4v) is 1.50. The molecule has 2 aromatic rings. The molecule has 0 radical (unpaired) electrons. The van der Waals surface area contributed by atoms with Gasteiger partial charge in [0, 0.05) is 18.9 Å². The van der Waals surface area contributed by atoms with Crippen LogP contribution in [0.15, 0.2) is 30.6 Å². The van der Waals surface area contributed by atoms with E-state index in [2.05, 4.69) is 10.4 Å². The number of carbonyl (C=O) groups is 1. The number of benzene rings is 1. The van der Waals surface area contributed by atoms with E-state index in [4.69, 9.17) is 0 Å². The van der Waals surface area contributed by atoms with Crippen LogP contribution < -0.4 is 5.32 Å². The first-order valence-corrected chi connectivity index (χ1v) is 5.12. The van der Waals surface area contributed by atoms with Gasteiger partial charge in [0.15, 0.2) is 0 Å². The lowest BCUT2D eigenvalue weighted by atomic mass is 10.2. The van der Waals surface area contributed by atoms with E-state index in [1.54, 1.807) is 30.9 Å². The van der Waals surface area contributed by atoms with Crippen molar-refractivity contribution in [1.29, 1.82) is 0 Å². The van der Waals surface area contributed by atoms with Crippen LogP contribution >= 0.6 is 0 Å². The molecule has 0 aliphatic carbocycles. The molecule has 0 unspecified atom stereocenters. The van der Waals surface area contributed by atoms with E-state index in [9.17, 15) is 9.18 Å². The molecule has 0 saturated carbocycles. The summed E-state index contributed by atoms with van der Waals surface area (Å²) in [7, 11) is 1.74. The maximum Gasteiger partial charge on any atom is 0.258 e. The van der Waals surface area contributed by atoms with Crippen LogP contribution in [0.5, 0.6) is 0 Å². The zero-order chi connectivity index (χ0) is 12.4. The molecule has 2 rings (SSSR count). The highest BCUT2D eigenvalue weighted by Crippen LogP contribution is 2.16. The number of aryl methyl sites for hydroxylation is 2. The topological polar surface area (TPSA) is 46.9 Å². The van der Waals surface area contributed by atoms with Crippen molar-refractivity contribution in [2.24, 2.45) is 7.05 Å². The molecule has 4 nitrogen and oxygen atoms in total. The average molecular weight is 233 g/mol. The molecule has 1 amide bonds. The summed E-state index contributed by atoms with van der Waals surface area (Å²) in [4.78, 5) is 11.8. The molecular formula is C12H12FN3O. The Kier molecular flexibility index (Phi) is 2.91. The molecule has 0 saturated heterocycles. The summed E-state index contributed by atoms with van der Waals surface area (Å²) in [6.45, 7) is 1.74. The van der Waals surface area contributed by atoms with Gasteiger partial charge in [0.25, 0.3) is 5.91 Å². The average Bonchev–Trinajstić information content (AvgIpc) is 2.69. The predicted octanol–water partition coefficient (Wildman–Crippen LogP) is 2.12. The van der Waals surface area contributed by atoms with Crippen LogP contribution in [-0.4, -0.2) is 15.7 Å². The molecule has 1 heterocycles. The van der Waals surface area contributed by atoms with Crippen LogP contribution in [0.3, 0.4) is 0 Å². The first-order chi connectivity index (χ1) is 8.06. The van der Waals surface area contributed by atoms with Gasteiger partial charge in [-0.05, 0) is 30.7 Å². The Morgan fingerprint density at radius 3 is 2.82 bits per heavy atom. The minimum atomic E-state index is -0.318. The summed E-state index contributed by atoms with van der Waals surface area (Å²) >= 11 is 0. The Morgan fingerprint density at radius 1 is 1.47 bits per heavy atom. The van der Waals surface area contributed by atoms with Crippen molar-refractivity contribution in [1.82, 2.24) is 9.78 Å². The number of amides is 1. The van der Waals surface area contributed by atoms with E-state index in [1.807, 2.05) is 0 Å². The highest BCUT2D eigenvalue weighted by Gasteiger charge is 2.09. The maximum atomic E-state index is 12.9. The second-order valence-electron chi connectivity index (χ2n) is 3.82. The number of rotatable bonds is 2. The van der Waals surface area contributed by atoms with E-state index in [0.717, 1.165) is 0 Å². The highest BCUT2D eigenvalue weighted by atomic mass is 19.1. The number of aromatic nitrogens is 2. The van der Waals surface area contributed by atoms with Gasteiger partial charge in [0.2, 0.25) is 0 Å². The molecule has 5 heteroatoms. The number of nitrogens with zero attached hydrogens (tertiary/aromatic N) is 2. The minimum absolute atomic E-state index is 0.257. The van der Waals surface area contributed by atoms with Gasteiger partial charge >= 0.3 is 0 Å². The lowest BCUT2D eigenvalue weighted by Gasteiger charge is -2.06. The second kappa shape index (κ2) is 4.37. The number of hydrogen-bond donors (Lipinski definition) is 1. The Morgan fingerprint density at radius 2 is 2.24 bits per heavy atom. The minimum Gasteiger partial charge on any atom is -0.322 e. The van der Waals surface area contributed by atoms with E-state index in [1.165, 1.54) is 18.3 Å². The summed E-state index contributed by atoms with van der Waals surface area (Å²) < 4.78 is 14.4. The van der Waals surface area contributed by atoms with Crippen molar-refractivity contribution < 1.29 is 9.18 Å². The molecule has 88 valence electrons. The molecule has 17 heavy (non-hydrogen) atoms. The molecule has 0 atom stereocenters. The summed E-state index contributed by atoms with van der Waals surface area (Å²) in [5.74, 6) is -0.574. The van der Waals surface area contributed by atoms with Crippen molar-refractivity contribution in [3.63, 3.8) is 0 Å². The molecule has 0 aliphatic heterocycles. The molecular weight excluding hydrogens is 221 g/mol. The Bertz CT molecular complexity index is 563. The van der Waals surface area contributed by atoms with Crippen LogP contribution in [0.1, 0.15) is 15.9 Å². The molecule has 0 aliphatic rings. The Labute approximate surface area is 98.1 Å². The van der Waals surface area contributed by atoms with Gasteiger partial charge in [-0.2, -0.15) is 5.10 Å². The van der Waals surface area contributed by atoms with Gasteiger partial charge in [-0.25, -0.2) is 4.39 Å². The molecule has 0 spiro atoms. The summed E-state index contributed by atoms with van der Waals surface area (Å²) in [6.07, 6.45) is 3.10. The molecule has 1 aromatic heterocycles. The number of halogens is 1. The predicted molar refractivity (Wildman–Crippen MR) is 62.3 cm³/mol. The summed E-state index contributed by atoms with van der Waals surface area (Å²) in [6, 6.07) is 4.23. The number of nitrogens with one attached hydrogen (secondary N) is 1. The summed E-state index contributed by atoms with van der Waals surface area (Å²) in [5.41, 5.74) is 1.75. The number of carbonyl (C=O) groups excluding carboxylic acids is 1. The zero-order valence-corrected chi connectivity index (χ0v) is 9.57. The lowest BCUT2D eigenvalue weighted by molar-refractivity contribution is 0.102. The van der Waals surface area contributed by atoms with E-state index in [0.29, 0.717) is 16.8 Å². The highest BCUT2D eigenvalue weighted by molar-refractivity contribution is 6.04. The lowest BCUT2D eigenvalue weighted by Crippen LogP contribution is -2.12. The van der Waals surface area contributed by atoms with Crippen LogP contribution in [0, 0.1) is 12.7 Å². The normalized spacial score (nSPS) is 10.3. The number of anilines is 1. The van der Waals surface area contributed by atoms with Crippen molar-refractivity contribution >= 4 is 11.6 Å². The third-order valence-corrected chi connectivity index (χ3v) is 2.40. The van der Waals surface area contributed by atoms with Crippen LogP contribution in [-0.2, 0) is 7.05 Å². The SMILES string of the molecule is Cc1cc(F)ccc1NC(=O)c1cnn(C)c1. The van der Waals surface area contributed by atoms with Crippen molar-refractivity contribution in [2.45, 2.75) is 6.92 Å². The standard InChI is InChI=1S/C12H12FN3O/c1-8-5-10(13)3-4-11(8)15-12(17)9-6-14-16(2)7-9/h3-7H,1-2H3,(H,15,17). The Hall–Kier alpha value is -2.17. The largest absolute Gasteiger partial charge is 0.322 e. The first-order valence-electron chi connectivity index (χ1n) is 5.12. The molecule has 1 N–H and O–H groups in total. The number of hydrogen-bond acceptors (Lipinski definition) is 2. The molecule has 0 fully saturated rings. The van der Waals surface area contributed by atoms with E-state index in [-0.39, 0.29) is 11.7 Å². The van der Waals surface area contributed by atoms with E-state index >= 15 is 0 Å². The van der Waals surface area contributed by atoms with Crippen molar-refractivity contribution in [3.05, 3.63) is 47.5 Å². The zero-order valence-electron chi connectivity index (χ0n) is 9.57. The van der Waals surface area contributed by atoms with Crippen molar-refractivity contribution in [3.8, 4) is 0 Å². The van der Waals surface area contributed by atoms with Gasteiger partial charge in [0.1, 0.15) is 5.82 Å². The van der Waals surface area contributed by atoms with Crippen LogP contribution in [0.2, 0.25) is 0 Å². The second-order valence-corrected chi connectivity index (χ2v) is 3.82. The summed E-state index contributed by atoms with van der Waals surface area (Å²) in [5, 5.41) is 6.62. The third-order valence-electron chi connectivity index (χ3n) is 2.40. The monoisotopic (exact) mass is 233 g/mol. The van der Waals surface area contributed by atoms with Gasteiger partial charge in [-0.15, -0.1) is 0 Å². The Balaban J connectivity index is 2.18. The smallest absolute Gasteiger partial charge is 0.258 e. The van der Waals surface area contributed by atoms with Crippen LogP contribution in [0.4, 0.5) is 10.1 Å². The maximum absolute atomic E-state index is 12.9. The first kappa shape index (κ1) is 11.3. The van der Waals surface area contributed by atoms with Crippen molar-refractivity contribution in [2.75, 3.05) is 5.32 Å². The fourth-order valence-electron chi connectivity index (χ4n) is 1.50. The van der Waals surface area contributed by atoms with Gasteiger partial charge in [-0.3, -0.25) is 9.48 Å². The van der Waals surface area contributed by atoms with Gasteiger partial charge in [-0.1, -0.05) is 0 Å². The third kappa shape index (κ3) is 2.50. The van der Waals surface area contributed by atoms with Gasteiger partial charge < -0.3 is 5.32 Å². The molecule has 0 bridgehead atoms. The quantitative estimate of drug-likeness (QED) is 0.863. The van der Waals surface area contributed by atoms with Crippen LogP contribution in [0.25, 0.3) is 0 Å².